The van der Waals surface area contributed by atoms with Gasteiger partial charge in [-0.15, -0.1) is 0 Å². The molecule has 2 unspecified atom stereocenters. The number of carbonyl (C=O) groups is 1. The maximum absolute atomic E-state index is 11.4. The normalized spacial score (nSPS) is 28.2. The summed E-state index contributed by atoms with van der Waals surface area (Å²) in [6.45, 7) is 4.39. The van der Waals surface area contributed by atoms with E-state index in [-0.39, 0.29) is 5.41 Å². The second kappa shape index (κ2) is 4.38. The summed E-state index contributed by atoms with van der Waals surface area (Å²) in [7, 11) is 5.86. The monoisotopic (exact) mass is 275 g/mol. The Bertz CT molecular complexity index is 560. The van der Waals surface area contributed by atoms with Gasteiger partial charge in [-0.3, -0.25) is 0 Å². The molecule has 1 amide bonds. The average Bonchev–Trinajstić information content (AvgIpc) is 2.82. The molecule has 0 aromatic heterocycles. The Kier molecular flexibility index (Phi) is 2.90. The summed E-state index contributed by atoms with van der Waals surface area (Å²) in [5, 5.41) is 2.47. The van der Waals surface area contributed by atoms with Crippen LogP contribution in [0.3, 0.4) is 0 Å². The minimum atomic E-state index is -0.429. The van der Waals surface area contributed by atoms with Crippen molar-refractivity contribution in [3.8, 4) is 5.75 Å². The number of ether oxygens (including phenoxy) is 1. The van der Waals surface area contributed by atoms with Crippen molar-refractivity contribution < 1.29 is 9.53 Å². The van der Waals surface area contributed by atoms with E-state index in [0.29, 0.717) is 11.8 Å². The van der Waals surface area contributed by atoms with Crippen molar-refractivity contribution in [3.63, 3.8) is 0 Å². The van der Waals surface area contributed by atoms with Gasteiger partial charge in [-0.05, 0) is 30.8 Å². The number of hydrogen-bond donors (Lipinski definition) is 1. The molecule has 2 heterocycles. The summed E-state index contributed by atoms with van der Waals surface area (Å²) in [6.07, 6.45) is -0.429. The molecule has 0 spiro atoms. The van der Waals surface area contributed by atoms with Crippen molar-refractivity contribution in [2.75, 3.05) is 39.1 Å². The number of carbonyl (C=O) groups excluding carboxylic acids is 1. The minimum absolute atomic E-state index is 0.0981. The van der Waals surface area contributed by atoms with Crippen LogP contribution in [-0.4, -0.2) is 51.3 Å². The summed E-state index contributed by atoms with van der Waals surface area (Å²) in [6, 6.07) is 6.41. The molecule has 5 heteroatoms. The highest BCUT2D eigenvalue weighted by atomic mass is 16.5. The van der Waals surface area contributed by atoms with Gasteiger partial charge >= 0.3 is 6.09 Å². The topological polar surface area (TPSA) is 44.8 Å². The molecule has 0 aliphatic carbocycles. The number of rotatable bonds is 1. The fourth-order valence-corrected chi connectivity index (χ4v) is 3.71. The first kappa shape index (κ1) is 13.2. The van der Waals surface area contributed by atoms with Gasteiger partial charge in [0.2, 0.25) is 0 Å². The smallest absolute Gasteiger partial charge is 0.410 e. The van der Waals surface area contributed by atoms with Gasteiger partial charge in [-0.2, -0.15) is 0 Å². The Morgan fingerprint density at radius 1 is 1.45 bits per heavy atom. The maximum atomic E-state index is 11.4. The van der Waals surface area contributed by atoms with E-state index in [2.05, 4.69) is 42.2 Å². The zero-order valence-corrected chi connectivity index (χ0v) is 12.4. The molecule has 20 heavy (non-hydrogen) atoms. The van der Waals surface area contributed by atoms with E-state index in [1.807, 2.05) is 12.1 Å². The van der Waals surface area contributed by atoms with Crippen molar-refractivity contribution >= 4 is 11.8 Å². The van der Waals surface area contributed by atoms with E-state index in [1.165, 1.54) is 11.3 Å². The van der Waals surface area contributed by atoms with Crippen LogP contribution in [0, 0.1) is 0 Å². The van der Waals surface area contributed by atoms with Gasteiger partial charge in [-0.25, -0.2) is 4.79 Å². The molecular weight excluding hydrogens is 254 g/mol. The molecule has 2 atom stereocenters. The Morgan fingerprint density at radius 2 is 2.20 bits per heavy atom. The highest BCUT2D eigenvalue weighted by Gasteiger charge is 2.51. The van der Waals surface area contributed by atoms with Crippen LogP contribution in [-0.2, 0) is 5.41 Å². The third-order valence-corrected chi connectivity index (χ3v) is 4.66. The molecule has 2 aliphatic heterocycles. The number of nitrogens with one attached hydrogen (secondary N) is 1. The highest BCUT2D eigenvalue weighted by molar-refractivity contribution is 5.72. The van der Waals surface area contributed by atoms with Gasteiger partial charge in [0.15, 0.2) is 0 Å². The van der Waals surface area contributed by atoms with Crippen LogP contribution in [0.1, 0.15) is 12.5 Å². The fraction of sp³-hybridized carbons (Fsp3) is 0.533. The van der Waals surface area contributed by atoms with Gasteiger partial charge < -0.3 is 19.9 Å². The lowest BCUT2D eigenvalue weighted by atomic mass is 9.81. The van der Waals surface area contributed by atoms with Gasteiger partial charge in [0.1, 0.15) is 5.75 Å². The zero-order valence-electron chi connectivity index (χ0n) is 12.4. The molecule has 1 fully saturated rings. The Hall–Kier alpha value is -1.75. The van der Waals surface area contributed by atoms with Gasteiger partial charge in [0, 0.05) is 38.3 Å². The van der Waals surface area contributed by atoms with Crippen molar-refractivity contribution in [3.05, 3.63) is 23.8 Å². The fourth-order valence-electron chi connectivity index (χ4n) is 3.71. The number of likely N-dealkylation sites (N-methyl/N-ethyl adjacent to an activating group) is 2. The molecule has 0 radical (unpaired) electrons. The van der Waals surface area contributed by atoms with Crippen LogP contribution in [0.25, 0.3) is 0 Å². The average molecular weight is 275 g/mol. The maximum Gasteiger partial charge on any atom is 0.412 e. The van der Waals surface area contributed by atoms with Gasteiger partial charge in [0.05, 0.1) is 6.04 Å². The van der Waals surface area contributed by atoms with Crippen LogP contribution >= 0.6 is 0 Å². The number of anilines is 1. The van der Waals surface area contributed by atoms with E-state index in [4.69, 9.17) is 4.74 Å². The molecule has 0 saturated carbocycles. The number of fused-ring (bicyclic) bond motifs is 3. The van der Waals surface area contributed by atoms with E-state index >= 15 is 0 Å². The summed E-state index contributed by atoms with van der Waals surface area (Å²) < 4.78 is 5.26. The molecular formula is C15H21N3O2. The molecule has 5 nitrogen and oxygen atoms in total. The first-order valence-corrected chi connectivity index (χ1v) is 6.91. The molecule has 0 bridgehead atoms. The molecule has 1 aromatic rings. The quantitative estimate of drug-likeness (QED) is 0.842. The standard InChI is InChI=1S/C15H21N3O2/c1-15-9-17(3)8-13(15)18(4)12-6-5-10(7-11(12)15)20-14(19)16-2/h5-7,13H,8-9H2,1-4H3,(H,16,19). The molecule has 1 saturated heterocycles. The van der Waals surface area contributed by atoms with E-state index in [9.17, 15) is 4.79 Å². The summed E-state index contributed by atoms with van der Waals surface area (Å²) in [5.41, 5.74) is 2.62. The van der Waals surface area contributed by atoms with Gasteiger partial charge in [-0.1, -0.05) is 6.92 Å². The first-order chi connectivity index (χ1) is 9.45. The number of likely N-dealkylation sites (tertiary alicyclic amines) is 1. The number of benzene rings is 1. The van der Waals surface area contributed by atoms with Crippen LogP contribution in [0.15, 0.2) is 18.2 Å². The van der Waals surface area contributed by atoms with E-state index in [0.717, 1.165) is 13.1 Å². The van der Waals surface area contributed by atoms with Crippen molar-refractivity contribution in [2.45, 2.75) is 18.4 Å². The lowest BCUT2D eigenvalue weighted by molar-refractivity contribution is 0.203. The van der Waals surface area contributed by atoms with Crippen LogP contribution < -0.4 is 15.0 Å². The summed E-state index contributed by atoms with van der Waals surface area (Å²) >= 11 is 0. The number of hydrogen-bond acceptors (Lipinski definition) is 4. The number of nitrogens with zero attached hydrogens (tertiary/aromatic N) is 2. The summed E-state index contributed by atoms with van der Waals surface area (Å²) in [5.74, 6) is 0.605. The molecule has 108 valence electrons. The third-order valence-electron chi connectivity index (χ3n) is 4.66. The Morgan fingerprint density at radius 3 is 2.90 bits per heavy atom. The van der Waals surface area contributed by atoms with Gasteiger partial charge in [0.25, 0.3) is 0 Å². The zero-order chi connectivity index (χ0) is 14.5. The van der Waals surface area contributed by atoms with Crippen LogP contribution in [0.5, 0.6) is 5.75 Å². The van der Waals surface area contributed by atoms with Crippen LogP contribution in [0.4, 0.5) is 10.5 Å². The molecule has 1 aromatic carbocycles. The van der Waals surface area contributed by atoms with E-state index in [1.54, 1.807) is 7.05 Å². The van der Waals surface area contributed by atoms with Crippen LogP contribution in [0.2, 0.25) is 0 Å². The Labute approximate surface area is 119 Å². The minimum Gasteiger partial charge on any atom is -0.410 e. The largest absolute Gasteiger partial charge is 0.412 e. The van der Waals surface area contributed by atoms with E-state index < -0.39 is 6.09 Å². The van der Waals surface area contributed by atoms with Crippen molar-refractivity contribution in [1.29, 1.82) is 0 Å². The highest BCUT2D eigenvalue weighted by Crippen LogP contribution is 2.49. The molecule has 2 aliphatic rings. The third kappa shape index (κ3) is 1.77. The SMILES string of the molecule is CNC(=O)Oc1ccc2c(c1)C1(C)CN(C)CC1N2C. The van der Waals surface area contributed by atoms with Crippen molar-refractivity contribution in [1.82, 2.24) is 10.2 Å². The number of amides is 1. The molecule has 3 rings (SSSR count). The predicted molar refractivity (Wildman–Crippen MR) is 78.6 cm³/mol. The first-order valence-electron chi connectivity index (χ1n) is 6.91. The lowest BCUT2D eigenvalue weighted by Gasteiger charge is -2.26. The second-order valence-electron chi connectivity index (χ2n) is 6.06. The predicted octanol–water partition coefficient (Wildman–Crippen LogP) is 1.43. The van der Waals surface area contributed by atoms with Crippen molar-refractivity contribution in [2.24, 2.45) is 0 Å². The second-order valence-corrected chi connectivity index (χ2v) is 6.06. The Balaban J connectivity index is 1.99. The molecule has 1 N–H and O–H groups in total. The lowest BCUT2D eigenvalue weighted by Crippen LogP contribution is -2.39. The summed E-state index contributed by atoms with van der Waals surface area (Å²) in [4.78, 5) is 16.1.